The molecule has 2 heterocycles. The van der Waals surface area contributed by atoms with Crippen molar-refractivity contribution in [3.05, 3.63) is 70.5 Å². The van der Waals surface area contributed by atoms with Crippen molar-refractivity contribution in [2.45, 2.75) is 19.8 Å². The van der Waals surface area contributed by atoms with Gasteiger partial charge in [0.05, 0.1) is 17.0 Å². The largest absolute Gasteiger partial charge is 0.461 e. The minimum absolute atomic E-state index is 0.275. The third-order valence-electron chi connectivity index (χ3n) is 4.35. The molecule has 1 aliphatic rings. The van der Waals surface area contributed by atoms with E-state index in [2.05, 4.69) is 34.5 Å². The van der Waals surface area contributed by atoms with E-state index in [0.717, 1.165) is 32.6 Å². The van der Waals surface area contributed by atoms with Crippen LogP contribution in [0.5, 0.6) is 0 Å². The molecular formula is C21H17ClN2O2S. The summed E-state index contributed by atoms with van der Waals surface area (Å²) in [7, 11) is 0. The highest BCUT2D eigenvalue weighted by Crippen LogP contribution is 2.37. The quantitative estimate of drug-likeness (QED) is 0.525. The van der Waals surface area contributed by atoms with Crippen LogP contribution < -0.4 is 0 Å². The normalized spacial score (nSPS) is 13.2. The Hall–Kier alpha value is -2.50. The van der Waals surface area contributed by atoms with E-state index >= 15 is 0 Å². The number of nitrogens with zero attached hydrogens (tertiary/aromatic N) is 2. The number of allylic oxidation sites excluding steroid dienone is 4. The van der Waals surface area contributed by atoms with E-state index in [1.807, 2.05) is 24.3 Å². The summed E-state index contributed by atoms with van der Waals surface area (Å²) in [5, 5.41) is 10.2. The first-order valence-electron chi connectivity index (χ1n) is 8.73. The maximum absolute atomic E-state index is 12.3. The molecule has 0 spiro atoms. The number of rotatable bonds is 5. The number of thiophene rings is 1. The Morgan fingerprint density at radius 2 is 2.07 bits per heavy atom. The molecule has 1 aliphatic carbocycles. The van der Waals surface area contributed by atoms with Gasteiger partial charge in [-0.2, -0.15) is 5.10 Å². The molecule has 0 aliphatic heterocycles. The van der Waals surface area contributed by atoms with Crippen LogP contribution in [0.15, 0.2) is 54.1 Å². The molecule has 136 valence electrons. The molecule has 0 unspecified atom stereocenters. The lowest BCUT2D eigenvalue weighted by Gasteiger charge is -2.05. The van der Waals surface area contributed by atoms with Crippen LogP contribution in [0.3, 0.4) is 0 Å². The van der Waals surface area contributed by atoms with Crippen LogP contribution in [0.4, 0.5) is 0 Å². The highest BCUT2D eigenvalue weighted by atomic mass is 35.5. The summed E-state index contributed by atoms with van der Waals surface area (Å²) in [6, 6.07) is 9.74. The van der Waals surface area contributed by atoms with Gasteiger partial charge in [0.1, 0.15) is 0 Å². The van der Waals surface area contributed by atoms with Crippen molar-refractivity contribution in [1.29, 1.82) is 0 Å². The predicted molar refractivity (Wildman–Crippen MR) is 109 cm³/mol. The molecule has 0 saturated carbocycles. The third-order valence-corrected chi connectivity index (χ3v) is 5.79. The summed E-state index contributed by atoms with van der Waals surface area (Å²) in [4.78, 5) is 13.4. The number of hydrogen-bond acceptors (Lipinski definition) is 5. The van der Waals surface area contributed by atoms with Crippen LogP contribution in [-0.4, -0.2) is 22.8 Å². The van der Waals surface area contributed by atoms with Gasteiger partial charge in [-0.15, -0.1) is 16.4 Å². The second-order valence-corrected chi connectivity index (χ2v) is 7.66. The monoisotopic (exact) mass is 396 g/mol. The first-order chi connectivity index (χ1) is 13.2. The van der Waals surface area contributed by atoms with Crippen LogP contribution in [0.25, 0.3) is 20.5 Å². The number of fused-ring (bicyclic) bond motifs is 1. The summed E-state index contributed by atoms with van der Waals surface area (Å²) >= 11 is 7.53. The van der Waals surface area contributed by atoms with E-state index in [4.69, 9.17) is 16.3 Å². The lowest BCUT2D eigenvalue weighted by atomic mass is 10.1. The molecule has 0 saturated heterocycles. The number of ether oxygens (including phenoxy) is 1. The van der Waals surface area contributed by atoms with Crippen molar-refractivity contribution in [3.8, 4) is 10.4 Å². The molecular weight excluding hydrogens is 380 g/mol. The van der Waals surface area contributed by atoms with Crippen molar-refractivity contribution in [1.82, 2.24) is 10.2 Å². The van der Waals surface area contributed by atoms with E-state index in [-0.39, 0.29) is 5.69 Å². The maximum Gasteiger partial charge on any atom is 0.360 e. The van der Waals surface area contributed by atoms with Gasteiger partial charge in [-0.05, 0) is 42.7 Å². The first-order valence-corrected chi connectivity index (χ1v) is 9.93. The summed E-state index contributed by atoms with van der Waals surface area (Å²) in [5.41, 5.74) is 3.40. The number of hydrogen-bond donors (Lipinski definition) is 0. The van der Waals surface area contributed by atoms with Crippen molar-refractivity contribution in [2.24, 2.45) is 0 Å². The molecule has 6 heteroatoms. The molecule has 1 aromatic carbocycles. The van der Waals surface area contributed by atoms with Crippen LogP contribution in [0.2, 0.25) is 5.02 Å². The van der Waals surface area contributed by atoms with Crippen LogP contribution in [0, 0.1) is 0 Å². The molecule has 27 heavy (non-hydrogen) atoms. The van der Waals surface area contributed by atoms with E-state index in [1.54, 1.807) is 6.92 Å². The zero-order valence-electron chi connectivity index (χ0n) is 14.7. The van der Waals surface area contributed by atoms with Crippen LogP contribution in [0.1, 0.15) is 29.5 Å². The van der Waals surface area contributed by atoms with Crippen molar-refractivity contribution in [3.63, 3.8) is 0 Å². The van der Waals surface area contributed by atoms with Crippen molar-refractivity contribution >= 4 is 39.0 Å². The number of aromatic nitrogens is 2. The Kier molecular flexibility index (Phi) is 5.05. The summed E-state index contributed by atoms with van der Waals surface area (Å²) < 4.78 is 5.98. The molecule has 0 bridgehead atoms. The smallest absolute Gasteiger partial charge is 0.360 e. The second-order valence-electron chi connectivity index (χ2n) is 6.17. The summed E-state index contributed by atoms with van der Waals surface area (Å²) in [6.07, 6.45) is 8.06. The van der Waals surface area contributed by atoms with Crippen molar-refractivity contribution < 1.29 is 9.53 Å². The zero-order valence-corrected chi connectivity index (χ0v) is 16.3. The zero-order chi connectivity index (χ0) is 18.8. The minimum atomic E-state index is -0.439. The molecule has 4 rings (SSSR count). The van der Waals surface area contributed by atoms with Crippen molar-refractivity contribution in [2.75, 3.05) is 6.61 Å². The predicted octanol–water partition coefficient (Wildman–Crippen LogP) is 5.62. The fourth-order valence-electron chi connectivity index (χ4n) is 3.04. The number of carbonyl (C=O) groups excluding carboxylic acids is 1. The van der Waals surface area contributed by atoms with Gasteiger partial charge >= 0.3 is 5.97 Å². The van der Waals surface area contributed by atoms with E-state index in [9.17, 15) is 4.79 Å². The molecule has 0 radical (unpaired) electrons. The molecule has 0 fully saturated rings. The highest BCUT2D eigenvalue weighted by molar-refractivity contribution is 7.22. The SMILES string of the molecule is CCOC(=O)c1nnc(CC2=CCC=C2)c2cc(-c3ccc(Cl)cc3)sc12. The third kappa shape index (κ3) is 3.66. The Labute approximate surface area is 166 Å². The molecule has 2 aromatic heterocycles. The standard InChI is InChI=1S/C21H17ClN2O2S/c1-2-26-21(25)19-20-16(17(23-24-19)11-13-5-3-4-6-13)12-18(27-20)14-7-9-15(22)10-8-14/h3,5-10,12H,2,4,11H2,1H3. The van der Waals surface area contributed by atoms with E-state index in [1.165, 1.54) is 16.9 Å². The minimum Gasteiger partial charge on any atom is -0.461 e. The van der Waals surface area contributed by atoms with Gasteiger partial charge < -0.3 is 4.74 Å². The molecule has 0 N–H and O–H groups in total. The lowest BCUT2D eigenvalue weighted by Crippen LogP contribution is -2.09. The van der Waals surface area contributed by atoms with E-state index < -0.39 is 5.97 Å². The average molecular weight is 397 g/mol. The van der Waals surface area contributed by atoms with Gasteiger partial charge in [0.25, 0.3) is 0 Å². The Bertz CT molecular complexity index is 1070. The van der Waals surface area contributed by atoms with Gasteiger partial charge in [-0.1, -0.05) is 42.0 Å². The molecule has 0 amide bonds. The Balaban J connectivity index is 1.84. The number of halogens is 1. The topological polar surface area (TPSA) is 52.1 Å². The van der Waals surface area contributed by atoms with Gasteiger partial charge in [0, 0.05) is 21.7 Å². The lowest BCUT2D eigenvalue weighted by molar-refractivity contribution is 0.0521. The Morgan fingerprint density at radius 3 is 2.78 bits per heavy atom. The Morgan fingerprint density at radius 1 is 1.26 bits per heavy atom. The second kappa shape index (κ2) is 7.62. The van der Waals surface area contributed by atoms with Crippen LogP contribution >= 0.6 is 22.9 Å². The number of benzene rings is 1. The number of carbonyl (C=O) groups is 1. The first kappa shape index (κ1) is 17.9. The summed E-state index contributed by atoms with van der Waals surface area (Å²) in [6.45, 7) is 2.08. The summed E-state index contributed by atoms with van der Waals surface area (Å²) in [5.74, 6) is -0.439. The maximum atomic E-state index is 12.3. The van der Waals surface area contributed by atoms with Gasteiger partial charge in [-0.3, -0.25) is 0 Å². The fraction of sp³-hybridized carbons (Fsp3) is 0.190. The van der Waals surface area contributed by atoms with E-state index in [0.29, 0.717) is 18.1 Å². The molecule has 0 atom stereocenters. The van der Waals surface area contributed by atoms with Gasteiger partial charge in [0.2, 0.25) is 0 Å². The van der Waals surface area contributed by atoms with Gasteiger partial charge in [0.15, 0.2) is 5.69 Å². The van der Waals surface area contributed by atoms with Crippen LogP contribution in [-0.2, 0) is 11.2 Å². The average Bonchev–Trinajstić information content (AvgIpc) is 3.32. The fourth-order valence-corrected chi connectivity index (χ4v) is 4.33. The molecule has 4 nitrogen and oxygen atoms in total. The number of esters is 1. The van der Waals surface area contributed by atoms with Gasteiger partial charge in [-0.25, -0.2) is 4.79 Å². The molecule has 3 aromatic rings. The highest BCUT2D eigenvalue weighted by Gasteiger charge is 2.20.